The average molecular weight is 438 g/mol. The van der Waals surface area contributed by atoms with E-state index >= 15 is 0 Å². The number of halogens is 2. The number of hydrogen-bond donors (Lipinski definition) is 2. The molecule has 0 spiro atoms. The van der Waals surface area contributed by atoms with E-state index in [0.29, 0.717) is 31.1 Å². The Kier molecular flexibility index (Phi) is 6.21. The highest BCUT2D eigenvalue weighted by Gasteiger charge is 2.38. The molecular formula is C20H25ClFN5O3. The number of carboxylic acid groups (broad SMARTS) is 1. The van der Waals surface area contributed by atoms with Crippen molar-refractivity contribution in [3.63, 3.8) is 0 Å². The number of nitrogens with one attached hydrogen (secondary N) is 1. The van der Waals surface area contributed by atoms with Crippen LogP contribution in [0.4, 0.5) is 26.4 Å². The van der Waals surface area contributed by atoms with E-state index in [0.717, 1.165) is 11.9 Å². The third-order valence-electron chi connectivity index (χ3n) is 5.14. The number of aromatic nitrogens is 2. The van der Waals surface area contributed by atoms with Crippen molar-refractivity contribution in [2.75, 3.05) is 37.0 Å². The van der Waals surface area contributed by atoms with Crippen molar-refractivity contribution < 1.29 is 19.0 Å². The lowest BCUT2D eigenvalue weighted by Crippen LogP contribution is -2.59. The van der Waals surface area contributed by atoms with Gasteiger partial charge < -0.3 is 25.0 Å². The molecule has 2 aromatic rings. The minimum atomic E-state index is -0.905. The van der Waals surface area contributed by atoms with Crippen molar-refractivity contribution in [3.8, 4) is 5.75 Å². The maximum Gasteiger partial charge on any atom is 0.407 e. The first-order valence-electron chi connectivity index (χ1n) is 9.47. The van der Waals surface area contributed by atoms with Crippen molar-refractivity contribution in [2.24, 2.45) is 5.41 Å². The van der Waals surface area contributed by atoms with E-state index in [2.05, 4.69) is 20.2 Å². The Morgan fingerprint density at radius 3 is 2.73 bits per heavy atom. The second-order valence-electron chi connectivity index (χ2n) is 8.15. The largest absolute Gasteiger partial charge is 0.494 e. The van der Waals surface area contributed by atoms with Crippen LogP contribution in [0.25, 0.3) is 0 Å². The molecule has 1 aliphatic heterocycles. The second kappa shape index (κ2) is 8.51. The topological polar surface area (TPSA) is 90.8 Å². The number of ether oxygens (including phenoxy) is 1. The first kappa shape index (κ1) is 21.9. The lowest BCUT2D eigenvalue weighted by molar-refractivity contribution is 0.0748. The van der Waals surface area contributed by atoms with Gasteiger partial charge in [-0.3, -0.25) is 0 Å². The molecule has 1 aromatic heterocycles. The van der Waals surface area contributed by atoms with Crippen LogP contribution in [-0.2, 0) is 0 Å². The first-order valence-corrected chi connectivity index (χ1v) is 9.85. The molecule has 3 rings (SSSR count). The zero-order valence-electron chi connectivity index (χ0n) is 17.3. The minimum Gasteiger partial charge on any atom is -0.494 e. The summed E-state index contributed by atoms with van der Waals surface area (Å²) in [6.07, 6.45) is 0.0878. The number of carbonyl (C=O) groups is 1. The molecule has 1 amide bonds. The van der Waals surface area contributed by atoms with E-state index in [1.165, 1.54) is 12.0 Å². The standard InChI is InChI=1S/C20H25ClFN5O3/c1-20(2,3)16-11-26(7-8-27(16)19(28)29)12-5-6-14(15(9-12)30-4)24-17-13(22)10-23-18(21)25-17/h5-6,9-10,16H,7-8,11H2,1-4H3,(H,28,29)(H,23,24,25). The van der Waals surface area contributed by atoms with Gasteiger partial charge in [-0.25, -0.2) is 14.2 Å². The molecule has 162 valence electrons. The fourth-order valence-electron chi connectivity index (χ4n) is 3.53. The maximum absolute atomic E-state index is 14.0. The highest BCUT2D eigenvalue weighted by molar-refractivity contribution is 6.28. The van der Waals surface area contributed by atoms with Crippen molar-refractivity contribution >= 4 is 34.9 Å². The Hall–Kier alpha value is -2.81. The Morgan fingerprint density at radius 1 is 1.37 bits per heavy atom. The predicted molar refractivity (Wildman–Crippen MR) is 113 cm³/mol. The van der Waals surface area contributed by atoms with Crippen LogP contribution in [0.1, 0.15) is 20.8 Å². The maximum atomic E-state index is 14.0. The molecule has 1 unspecified atom stereocenters. The van der Waals surface area contributed by atoms with Gasteiger partial charge in [-0.05, 0) is 29.1 Å². The van der Waals surface area contributed by atoms with Gasteiger partial charge in [-0.1, -0.05) is 20.8 Å². The van der Waals surface area contributed by atoms with Crippen molar-refractivity contribution in [1.82, 2.24) is 14.9 Å². The molecular weight excluding hydrogens is 413 g/mol. The Bertz CT molecular complexity index is 937. The van der Waals surface area contributed by atoms with E-state index in [-0.39, 0.29) is 22.6 Å². The zero-order chi connectivity index (χ0) is 22.1. The van der Waals surface area contributed by atoms with Crippen LogP contribution >= 0.6 is 11.6 Å². The summed E-state index contributed by atoms with van der Waals surface area (Å²) < 4.78 is 19.4. The van der Waals surface area contributed by atoms with Gasteiger partial charge >= 0.3 is 6.09 Å². The van der Waals surface area contributed by atoms with E-state index in [9.17, 15) is 14.3 Å². The summed E-state index contributed by atoms with van der Waals surface area (Å²) in [6.45, 7) is 7.63. The van der Waals surface area contributed by atoms with Gasteiger partial charge in [0, 0.05) is 31.4 Å². The molecule has 0 radical (unpaired) electrons. The molecule has 0 saturated carbocycles. The number of nitrogens with zero attached hydrogens (tertiary/aromatic N) is 4. The van der Waals surface area contributed by atoms with Crippen LogP contribution in [0.5, 0.6) is 5.75 Å². The minimum absolute atomic E-state index is 0.0519. The van der Waals surface area contributed by atoms with Gasteiger partial charge in [-0.2, -0.15) is 4.98 Å². The third-order valence-corrected chi connectivity index (χ3v) is 5.33. The predicted octanol–water partition coefficient (Wildman–Crippen LogP) is 4.24. The second-order valence-corrected chi connectivity index (χ2v) is 8.49. The molecule has 0 aliphatic carbocycles. The molecule has 1 aliphatic rings. The van der Waals surface area contributed by atoms with Crippen LogP contribution in [0.15, 0.2) is 24.4 Å². The normalized spacial score (nSPS) is 17.1. The monoisotopic (exact) mass is 437 g/mol. The van der Waals surface area contributed by atoms with Crippen LogP contribution in [0.3, 0.4) is 0 Å². The van der Waals surface area contributed by atoms with Gasteiger partial charge in [0.25, 0.3) is 0 Å². The molecule has 10 heteroatoms. The molecule has 1 atom stereocenters. The highest BCUT2D eigenvalue weighted by Crippen LogP contribution is 2.35. The highest BCUT2D eigenvalue weighted by atomic mass is 35.5. The van der Waals surface area contributed by atoms with Gasteiger partial charge in [0.05, 0.1) is 25.0 Å². The number of piperazine rings is 1. The quantitative estimate of drug-likeness (QED) is 0.691. The van der Waals surface area contributed by atoms with E-state index in [1.807, 2.05) is 32.9 Å². The number of hydrogen-bond acceptors (Lipinski definition) is 6. The Labute approximate surface area is 179 Å². The molecule has 1 saturated heterocycles. The first-order chi connectivity index (χ1) is 14.1. The lowest BCUT2D eigenvalue weighted by Gasteiger charge is -2.46. The lowest BCUT2D eigenvalue weighted by atomic mass is 9.84. The summed E-state index contributed by atoms with van der Waals surface area (Å²) in [5, 5.41) is 12.4. The summed E-state index contributed by atoms with van der Waals surface area (Å²) in [7, 11) is 1.52. The van der Waals surface area contributed by atoms with Crippen LogP contribution < -0.4 is 15.0 Å². The van der Waals surface area contributed by atoms with E-state index in [1.54, 1.807) is 6.07 Å². The number of rotatable bonds is 4. The van der Waals surface area contributed by atoms with Crippen molar-refractivity contribution in [2.45, 2.75) is 26.8 Å². The molecule has 2 heterocycles. The summed E-state index contributed by atoms with van der Waals surface area (Å²) in [4.78, 5) is 22.7. The summed E-state index contributed by atoms with van der Waals surface area (Å²) in [6, 6.07) is 5.31. The molecule has 8 nitrogen and oxygen atoms in total. The van der Waals surface area contributed by atoms with Crippen LogP contribution in [0, 0.1) is 11.2 Å². The average Bonchev–Trinajstić information content (AvgIpc) is 2.69. The Morgan fingerprint density at radius 2 is 2.10 bits per heavy atom. The molecule has 0 bridgehead atoms. The molecule has 1 aromatic carbocycles. The smallest absolute Gasteiger partial charge is 0.407 e. The fraction of sp³-hybridized carbons (Fsp3) is 0.450. The number of amides is 1. The third kappa shape index (κ3) is 4.67. The summed E-state index contributed by atoms with van der Waals surface area (Å²) in [5.74, 6) is -0.193. The number of anilines is 3. The zero-order valence-corrected chi connectivity index (χ0v) is 18.1. The van der Waals surface area contributed by atoms with Crippen molar-refractivity contribution in [1.29, 1.82) is 0 Å². The Balaban J connectivity index is 1.85. The van der Waals surface area contributed by atoms with Gasteiger partial charge in [-0.15, -0.1) is 0 Å². The van der Waals surface area contributed by atoms with Crippen molar-refractivity contribution in [3.05, 3.63) is 35.5 Å². The number of methoxy groups -OCH3 is 1. The van der Waals surface area contributed by atoms with Crippen LogP contribution in [-0.4, -0.2) is 58.9 Å². The van der Waals surface area contributed by atoms with E-state index < -0.39 is 11.9 Å². The molecule has 2 N–H and O–H groups in total. The van der Waals surface area contributed by atoms with E-state index in [4.69, 9.17) is 16.3 Å². The fourth-order valence-corrected chi connectivity index (χ4v) is 3.66. The summed E-state index contributed by atoms with van der Waals surface area (Å²) >= 11 is 5.76. The number of benzene rings is 1. The SMILES string of the molecule is COc1cc(N2CCN(C(=O)O)C(C(C)(C)C)C2)ccc1Nc1nc(Cl)ncc1F. The van der Waals surface area contributed by atoms with Gasteiger partial charge in [0.15, 0.2) is 11.6 Å². The van der Waals surface area contributed by atoms with Gasteiger partial charge in [0.2, 0.25) is 5.28 Å². The molecule has 30 heavy (non-hydrogen) atoms. The van der Waals surface area contributed by atoms with Gasteiger partial charge in [0.1, 0.15) is 5.75 Å². The summed E-state index contributed by atoms with van der Waals surface area (Å²) in [5.41, 5.74) is 1.19. The molecule has 1 fully saturated rings. The van der Waals surface area contributed by atoms with Crippen LogP contribution in [0.2, 0.25) is 5.28 Å².